The fourth-order valence-corrected chi connectivity index (χ4v) is 4.14. The van der Waals surface area contributed by atoms with Gasteiger partial charge in [0.2, 0.25) is 0 Å². The third-order valence-corrected chi connectivity index (χ3v) is 6.04. The number of amides is 1. The van der Waals surface area contributed by atoms with Crippen LogP contribution in [0.25, 0.3) is 10.9 Å². The maximum Gasteiger partial charge on any atom is 0.251 e. The number of methoxy groups -OCH3 is 2. The number of fused-ring (bicyclic) bond motifs is 1. The van der Waals surface area contributed by atoms with Gasteiger partial charge in [0.25, 0.3) is 5.91 Å². The van der Waals surface area contributed by atoms with Crippen LogP contribution in [0, 0.1) is 13.8 Å². The summed E-state index contributed by atoms with van der Waals surface area (Å²) >= 11 is 0. The number of ether oxygens (including phenoxy) is 2. The number of H-pyrrole nitrogens is 1. The topological polar surface area (TPSA) is 63.3 Å². The van der Waals surface area contributed by atoms with Crippen molar-refractivity contribution in [3.8, 4) is 11.5 Å². The van der Waals surface area contributed by atoms with Crippen LogP contribution in [0.3, 0.4) is 0 Å². The number of nitrogens with one attached hydrogen (secondary N) is 2. The van der Waals surface area contributed by atoms with Gasteiger partial charge in [-0.05, 0) is 54.8 Å². The van der Waals surface area contributed by atoms with Crippen molar-refractivity contribution in [2.75, 3.05) is 20.8 Å². The molecule has 0 fully saturated rings. The van der Waals surface area contributed by atoms with Crippen molar-refractivity contribution >= 4 is 16.8 Å². The Balaban J connectivity index is 1.73. The van der Waals surface area contributed by atoms with Crippen molar-refractivity contribution < 1.29 is 14.3 Å². The smallest absolute Gasteiger partial charge is 0.251 e. The zero-order valence-electron chi connectivity index (χ0n) is 18.9. The summed E-state index contributed by atoms with van der Waals surface area (Å²) in [5, 5.41) is 4.25. The van der Waals surface area contributed by atoms with E-state index in [1.165, 1.54) is 5.56 Å². The molecule has 0 aliphatic heterocycles. The highest BCUT2D eigenvalue weighted by Crippen LogP contribution is 2.40. The van der Waals surface area contributed by atoms with Gasteiger partial charge in [-0.3, -0.25) is 4.79 Å². The molecule has 3 aromatic carbocycles. The normalized spacial score (nSPS) is 11.9. The van der Waals surface area contributed by atoms with Crippen LogP contribution < -0.4 is 14.8 Å². The van der Waals surface area contributed by atoms with Crippen molar-refractivity contribution in [2.24, 2.45) is 0 Å². The second-order valence-corrected chi connectivity index (χ2v) is 7.93. The molecule has 0 saturated carbocycles. The van der Waals surface area contributed by atoms with Gasteiger partial charge in [-0.2, -0.15) is 0 Å². The fraction of sp³-hybridized carbons (Fsp3) is 0.222. The summed E-state index contributed by atoms with van der Waals surface area (Å²) < 4.78 is 11.3. The summed E-state index contributed by atoms with van der Waals surface area (Å²) in [5.74, 6) is 1.10. The van der Waals surface area contributed by atoms with Crippen LogP contribution in [0.2, 0.25) is 0 Å². The molecule has 5 nitrogen and oxygen atoms in total. The van der Waals surface area contributed by atoms with Gasteiger partial charge < -0.3 is 19.8 Å². The minimum atomic E-state index is -0.133. The van der Waals surface area contributed by atoms with Gasteiger partial charge >= 0.3 is 0 Å². The Labute approximate surface area is 188 Å². The monoisotopic (exact) mass is 428 g/mol. The quantitative estimate of drug-likeness (QED) is 0.416. The Morgan fingerprint density at radius 3 is 2.50 bits per heavy atom. The molecular weight excluding hydrogens is 400 g/mol. The van der Waals surface area contributed by atoms with Gasteiger partial charge in [0.1, 0.15) is 0 Å². The Hall–Kier alpha value is -3.73. The van der Waals surface area contributed by atoms with E-state index in [1.54, 1.807) is 14.2 Å². The number of carbonyl (C=O) groups is 1. The molecule has 2 N–H and O–H groups in total. The Kier molecular flexibility index (Phi) is 6.17. The van der Waals surface area contributed by atoms with Crippen LogP contribution in [0.1, 0.15) is 38.5 Å². The molecule has 0 spiro atoms. The molecule has 1 amide bonds. The SMILES string of the molecule is COc1cccc(C(CNC(=O)c2ccc(C)c(C)c2)c2c[nH]c3ccccc23)c1OC. The van der Waals surface area contributed by atoms with Crippen LogP contribution >= 0.6 is 0 Å². The molecule has 1 atom stereocenters. The van der Waals surface area contributed by atoms with E-state index in [1.807, 2.05) is 74.6 Å². The van der Waals surface area contributed by atoms with Gasteiger partial charge in [0.05, 0.1) is 14.2 Å². The van der Waals surface area contributed by atoms with Crippen molar-refractivity contribution in [3.05, 3.63) is 94.7 Å². The number of rotatable bonds is 7. The third kappa shape index (κ3) is 4.06. The number of para-hydroxylation sites is 2. The molecule has 32 heavy (non-hydrogen) atoms. The third-order valence-electron chi connectivity index (χ3n) is 6.04. The Morgan fingerprint density at radius 2 is 1.75 bits per heavy atom. The van der Waals surface area contributed by atoms with Gasteiger partial charge in [0, 0.05) is 40.7 Å². The van der Waals surface area contributed by atoms with E-state index in [4.69, 9.17) is 9.47 Å². The number of aryl methyl sites for hydroxylation is 2. The molecule has 1 heterocycles. The molecule has 164 valence electrons. The zero-order chi connectivity index (χ0) is 22.7. The van der Waals surface area contributed by atoms with E-state index < -0.39 is 0 Å². The molecule has 1 unspecified atom stereocenters. The second kappa shape index (κ2) is 9.18. The van der Waals surface area contributed by atoms with Crippen molar-refractivity contribution in [2.45, 2.75) is 19.8 Å². The summed E-state index contributed by atoms with van der Waals surface area (Å²) in [6, 6.07) is 19.8. The first kappa shape index (κ1) is 21.5. The first-order valence-electron chi connectivity index (χ1n) is 10.7. The summed E-state index contributed by atoms with van der Waals surface area (Å²) in [6.45, 7) is 4.47. The van der Waals surface area contributed by atoms with Crippen molar-refractivity contribution in [1.82, 2.24) is 10.3 Å². The second-order valence-electron chi connectivity index (χ2n) is 7.93. The summed E-state index contributed by atoms with van der Waals surface area (Å²) in [6.07, 6.45) is 2.01. The average molecular weight is 429 g/mol. The first-order chi connectivity index (χ1) is 15.5. The predicted molar refractivity (Wildman–Crippen MR) is 128 cm³/mol. The van der Waals surface area contributed by atoms with E-state index in [2.05, 4.69) is 16.4 Å². The van der Waals surface area contributed by atoms with Gasteiger partial charge in [-0.15, -0.1) is 0 Å². The van der Waals surface area contributed by atoms with Crippen LogP contribution in [0.5, 0.6) is 11.5 Å². The van der Waals surface area contributed by atoms with Crippen LogP contribution in [-0.4, -0.2) is 31.7 Å². The molecule has 0 aliphatic carbocycles. The lowest BCUT2D eigenvalue weighted by Crippen LogP contribution is -2.29. The lowest BCUT2D eigenvalue weighted by Gasteiger charge is -2.22. The van der Waals surface area contributed by atoms with Gasteiger partial charge in [0.15, 0.2) is 11.5 Å². The van der Waals surface area contributed by atoms with E-state index in [9.17, 15) is 4.79 Å². The summed E-state index contributed by atoms with van der Waals surface area (Å²) in [7, 11) is 3.27. The van der Waals surface area contributed by atoms with E-state index in [0.717, 1.165) is 27.6 Å². The predicted octanol–water partition coefficient (Wildman–Crippen LogP) is 5.36. The van der Waals surface area contributed by atoms with Crippen LogP contribution in [-0.2, 0) is 0 Å². The molecule has 0 saturated heterocycles. The molecule has 0 aliphatic rings. The molecule has 0 bridgehead atoms. The van der Waals surface area contributed by atoms with Gasteiger partial charge in [-0.1, -0.05) is 36.4 Å². The average Bonchev–Trinajstić information content (AvgIpc) is 3.24. The Morgan fingerprint density at radius 1 is 0.938 bits per heavy atom. The number of aromatic amines is 1. The lowest BCUT2D eigenvalue weighted by atomic mass is 9.89. The molecule has 1 aromatic heterocycles. The minimum Gasteiger partial charge on any atom is -0.493 e. The summed E-state index contributed by atoms with van der Waals surface area (Å²) in [5.41, 5.74) is 6.02. The summed E-state index contributed by atoms with van der Waals surface area (Å²) in [4.78, 5) is 16.3. The van der Waals surface area contributed by atoms with Crippen LogP contribution in [0.15, 0.2) is 66.9 Å². The first-order valence-corrected chi connectivity index (χ1v) is 10.7. The molecule has 4 aromatic rings. The largest absolute Gasteiger partial charge is 0.493 e. The van der Waals surface area contributed by atoms with Crippen molar-refractivity contribution in [1.29, 1.82) is 0 Å². The molecule has 5 heteroatoms. The maximum absolute atomic E-state index is 13.0. The minimum absolute atomic E-state index is 0.0974. The zero-order valence-corrected chi connectivity index (χ0v) is 18.9. The number of benzene rings is 3. The standard InChI is InChI=1S/C27H28N2O3/c1-17-12-13-19(14-18(17)2)27(30)29-16-23(21-9-7-11-25(31-3)26(21)32-4)22-15-28-24-10-6-5-8-20(22)24/h5-15,23,28H,16H2,1-4H3,(H,29,30). The number of aromatic nitrogens is 1. The highest BCUT2D eigenvalue weighted by molar-refractivity contribution is 5.94. The Bertz CT molecular complexity index is 1260. The lowest BCUT2D eigenvalue weighted by molar-refractivity contribution is 0.0952. The maximum atomic E-state index is 13.0. The molecule has 0 radical (unpaired) electrons. The van der Waals surface area contributed by atoms with Gasteiger partial charge in [-0.25, -0.2) is 0 Å². The molecule has 4 rings (SSSR count). The number of hydrogen-bond donors (Lipinski definition) is 2. The van der Waals surface area contributed by atoms with E-state index in [0.29, 0.717) is 23.6 Å². The number of hydrogen-bond acceptors (Lipinski definition) is 3. The fourth-order valence-electron chi connectivity index (χ4n) is 4.14. The van der Waals surface area contributed by atoms with E-state index in [-0.39, 0.29) is 11.8 Å². The highest BCUT2D eigenvalue weighted by atomic mass is 16.5. The van der Waals surface area contributed by atoms with E-state index >= 15 is 0 Å². The molecular formula is C27H28N2O3. The van der Waals surface area contributed by atoms with Crippen LogP contribution in [0.4, 0.5) is 0 Å². The van der Waals surface area contributed by atoms with Crippen molar-refractivity contribution in [3.63, 3.8) is 0 Å². The number of carbonyl (C=O) groups excluding carboxylic acids is 1. The highest BCUT2D eigenvalue weighted by Gasteiger charge is 2.24.